The van der Waals surface area contributed by atoms with Crippen molar-refractivity contribution in [1.82, 2.24) is 0 Å². The van der Waals surface area contributed by atoms with Crippen LogP contribution in [0.1, 0.15) is 348 Å². The monoisotopic (exact) mass is 1110 g/mol. The molecule has 0 aromatic carbocycles. The number of carbonyl (C=O) groups is 3. The summed E-state index contributed by atoms with van der Waals surface area (Å²) in [5, 5.41) is 0. The fraction of sp³-hybridized carbons (Fsp3) is 0.770. The van der Waals surface area contributed by atoms with E-state index in [0.717, 1.165) is 109 Å². The number of allylic oxidation sites excluding steroid dienone is 14. The van der Waals surface area contributed by atoms with E-state index in [4.69, 9.17) is 14.2 Å². The summed E-state index contributed by atoms with van der Waals surface area (Å²) in [6.07, 6.45) is 90.5. The summed E-state index contributed by atoms with van der Waals surface area (Å²) in [4.78, 5) is 38.3. The highest BCUT2D eigenvalue weighted by molar-refractivity contribution is 5.71. The summed E-state index contributed by atoms with van der Waals surface area (Å²) in [5.41, 5.74) is 0. The van der Waals surface area contributed by atoms with Gasteiger partial charge in [0.15, 0.2) is 6.10 Å². The van der Waals surface area contributed by atoms with Crippen LogP contribution in [0.25, 0.3) is 0 Å². The van der Waals surface area contributed by atoms with Crippen molar-refractivity contribution < 1.29 is 28.6 Å². The first kappa shape index (κ1) is 76.6. The summed E-state index contributed by atoms with van der Waals surface area (Å²) in [7, 11) is 0. The fourth-order valence-corrected chi connectivity index (χ4v) is 9.93. The van der Waals surface area contributed by atoms with Crippen LogP contribution in [0.15, 0.2) is 85.1 Å². The van der Waals surface area contributed by atoms with E-state index in [2.05, 4.69) is 106 Å². The van der Waals surface area contributed by atoms with Crippen molar-refractivity contribution in [2.24, 2.45) is 0 Å². The molecule has 0 amide bonds. The van der Waals surface area contributed by atoms with Gasteiger partial charge in [0.25, 0.3) is 0 Å². The highest BCUT2D eigenvalue weighted by Gasteiger charge is 2.19. The number of rotatable bonds is 63. The molecule has 0 aromatic rings. The molecular formula is C74H130O6. The molecule has 1 unspecified atom stereocenters. The van der Waals surface area contributed by atoms with E-state index < -0.39 is 6.10 Å². The zero-order valence-electron chi connectivity index (χ0n) is 53.1. The van der Waals surface area contributed by atoms with Gasteiger partial charge in [-0.05, 0) is 116 Å². The number of unbranched alkanes of at least 4 members (excludes halogenated alkanes) is 38. The second kappa shape index (κ2) is 68.1. The average molecular weight is 1120 g/mol. The van der Waals surface area contributed by atoms with E-state index in [-0.39, 0.29) is 31.1 Å². The molecule has 0 aliphatic carbocycles. The molecule has 6 heteroatoms. The number of hydrogen-bond donors (Lipinski definition) is 0. The van der Waals surface area contributed by atoms with E-state index in [0.29, 0.717) is 19.3 Å². The van der Waals surface area contributed by atoms with Gasteiger partial charge >= 0.3 is 17.9 Å². The zero-order valence-corrected chi connectivity index (χ0v) is 53.1. The topological polar surface area (TPSA) is 78.9 Å². The van der Waals surface area contributed by atoms with Gasteiger partial charge in [0.05, 0.1) is 0 Å². The normalized spacial score (nSPS) is 12.6. The summed E-state index contributed by atoms with van der Waals surface area (Å²) < 4.78 is 16.9. The molecule has 0 saturated carbocycles. The lowest BCUT2D eigenvalue weighted by atomic mass is 10.0. The fourth-order valence-electron chi connectivity index (χ4n) is 9.93. The number of hydrogen-bond acceptors (Lipinski definition) is 6. The molecule has 1 atom stereocenters. The molecular weight excluding hydrogens is 985 g/mol. The summed E-state index contributed by atoms with van der Waals surface area (Å²) in [5.74, 6) is -0.879. The SMILES string of the molecule is CC/C=C\C/C=C\C/C=C\C/C=C\C/C=C\CCCCCCCCCCCCCCCCCCCCCC(=O)OCC(COC(=O)CCCCCCC/C=C\CCCCC)OC(=O)CCCCCCC/C=C\CCCCCCCC. The van der Waals surface area contributed by atoms with Gasteiger partial charge in [0.2, 0.25) is 0 Å². The summed E-state index contributed by atoms with van der Waals surface area (Å²) in [6.45, 7) is 6.52. The minimum Gasteiger partial charge on any atom is -0.462 e. The van der Waals surface area contributed by atoms with Crippen molar-refractivity contribution in [1.29, 1.82) is 0 Å². The third kappa shape index (κ3) is 65.4. The first-order chi connectivity index (χ1) is 39.5. The van der Waals surface area contributed by atoms with Crippen molar-refractivity contribution in [2.75, 3.05) is 13.2 Å². The second-order valence-corrected chi connectivity index (χ2v) is 23.1. The van der Waals surface area contributed by atoms with Crippen molar-refractivity contribution in [3.8, 4) is 0 Å². The van der Waals surface area contributed by atoms with Crippen LogP contribution in [0.2, 0.25) is 0 Å². The molecule has 6 nitrogen and oxygen atoms in total. The second-order valence-electron chi connectivity index (χ2n) is 23.1. The van der Waals surface area contributed by atoms with E-state index in [1.807, 2.05) is 0 Å². The lowest BCUT2D eigenvalue weighted by molar-refractivity contribution is -0.167. The molecule has 0 saturated heterocycles. The van der Waals surface area contributed by atoms with Gasteiger partial charge in [0, 0.05) is 19.3 Å². The van der Waals surface area contributed by atoms with Crippen molar-refractivity contribution in [3.05, 3.63) is 85.1 Å². The van der Waals surface area contributed by atoms with Crippen LogP contribution < -0.4 is 0 Å². The Morgan fingerprint density at radius 3 is 0.800 bits per heavy atom. The van der Waals surface area contributed by atoms with Gasteiger partial charge in [-0.1, -0.05) is 298 Å². The zero-order chi connectivity index (χ0) is 57.8. The number of esters is 3. The quantitative estimate of drug-likeness (QED) is 0.0261. The lowest BCUT2D eigenvalue weighted by Crippen LogP contribution is -2.30. The van der Waals surface area contributed by atoms with Crippen LogP contribution in [0.4, 0.5) is 0 Å². The Morgan fingerprint density at radius 2 is 0.487 bits per heavy atom. The Kier molecular flexibility index (Phi) is 65.2. The smallest absolute Gasteiger partial charge is 0.306 e. The van der Waals surface area contributed by atoms with Crippen molar-refractivity contribution in [3.63, 3.8) is 0 Å². The van der Waals surface area contributed by atoms with Crippen LogP contribution >= 0.6 is 0 Å². The summed E-state index contributed by atoms with van der Waals surface area (Å²) in [6, 6.07) is 0. The lowest BCUT2D eigenvalue weighted by Gasteiger charge is -2.18. The molecule has 0 aliphatic rings. The van der Waals surface area contributed by atoms with E-state index >= 15 is 0 Å². The van der Waals surface area contributed by atoms with E-state index in [1.165, 1.54) is 199 Å². The Labute approximate surface area is 496 Å². The standard InChI is InChI=1S/C74H130O6/c1-4-7-10-13-16-19-22-25-27-28-29-30-31-32-33-34-35-36-37-38-39-40-41-42-43-44-45-46-48-49-52-55-58-61-64-67-73(76)79-70-71(69-78-72(75)66-63-60-57-54-51-24-21-18-15-12-9-6-3)80-74(77)68-65-62-59-56-53-50-47-26-23-20-17-14-11-8-5-2/h7,10,16,18-19,21,25-27,29-30,32-33,47,71H,4-6,8-9,11-15,17,20,22-24,28,31,34-46,48-70H2,1-3H3/b10-7-,19-16-,21-18-,27-25-,30-29-,33-32-,47-26-. The first-order valence-corrected chi connectivity index (χ1v) is 34.6. The molecule has 80 heavy (non-hydrogen) atoms. The van der Waals surface area contributed by atoms with Crippen LogP contribution in [0, 0.1) is 0 Å². The van der Waals surface area contributed by atoms with Gasteiger partial charge in [-0.3, -0.25) is 14.4 Å². The van der Waals surface area contributed by atoms with Gasteiger partial charge in [-0.15, -0.1) is 0 Å². The molecule has 0 rings (SSSR count). The predicted molar refractivity (Wildman–Crippen MR) is 348 cm³/mol. The minimum absolute atomic E-state index is 0.0778. The Morgan fingerprint density at radius 1 is 0.263 bits per heavy atom. The van der Waals surface area contributed by atoms with Gasteiger partial charge in [-0.2, -0.15) is 0 Å². The highest BCUT2D eigenvalue weighted by atomic mass is 16.6. The molecule has 0 aliphatic heterocycles. The molecule has 462 valence electrons. The summed E-state index contributed by atoms with van der Waals surface area (Å²) >= 11 is 0. The maximum atomic E-state index is 12.9. The van der Waals surface area contributed by atoms with Crippen molar-refractivity contribution in [2.45, 2.75) is 354 Å². The minimum atomic E-state index is -0.781. The Bertz CT molecular complexity index is 1520. The van der Waals surface area contributed by atoms with Crippen LogP contribution in [-0.2, 0) is 28.6 Å². The third-order valence-corrected chi connectivity index (χ3v) is 15.1. The highest BCUT2D eigenvalue weighted by Crippen LogP contribution is 2.17. The van der Waals surface area contributed by atoms with Gasteiger partial charge in [0.1, 0.15) is 13.2 Å². The Balaban J connectivity index is 4.09. The van der Waals surface area contributed by atoms with E-state index in [1.54, 1.807) is 0 Å². The van der Waals surface area contributed by atoms with Crippen LogP contribution in [0.3, 0.4) is 0 Å². The molecule has 0 fully saturated rings. The molecule has 0 N–H and O–H groups in total. The maximum Gasteiger partial charge on any atom is 0.306 e. The molecule has 0 aromatic heterocycles. The number of ether oxygens (including phenoxy) is 3. The maximum absolute atomic E-state index is 12.9. The third-order valence-electron chi connectivity index (χ3n) is 15.1. The molecule has 0 spiro atoms. The number of carbonyl (C=O) groups excluding carboxylic acids is 3. The Hall–Kier alpha value is -3.41. The largest absolute Gasteiger partial charge is 0.462 e. The van der Waals surface area contributed by atoms with Gasteiger partial charge in [-0.25, -0.2) is 0 Å². The van der Waals surface area contributed by atoms with E-state index in [9.17, 15) is 14.4 Å². The van der Waals surface area contributed by atoms with Crippen molar-refractivity contribution >= 4 is 17.9 Å². The average Bonchev–Trinajstić information content (AvgIpc) is 3.46. The molecule has 0 bridgehead atoms. The molecule has 0 radical (unpaired) electrons. The molecule has 0 heterocycles. The first-order valence-electron chi connectivity index (χ1n) is 34.6. The van der Waals surface area contributed by atoms with Gasteiger partial charge < -0.3 is 14.2 Å². The predicted octanol–water partition coefficient (Wildman–Crippen LogP) is 23.8. The van der Waals surface area contributed by atoms with Crippen LogP contribution in [-0.4, -0.2) is 37.2 Å². The van der Waals surface area contributed by atoms with Crippen LogP contribution in [0.5, 0.6) is 0 Å².